The Balaban J connectivity index is 1.82. The summed E-state index contributed by atoms with van der Waals surface area (Å²) >= 11 is 0. The van der Waals surface area contributed by atoms with E-state index < -0.39 is 0 Å². The molecule has 1 aliphatic rings. The molecule has 4 heteroatoms. The van der Waals surface area contributed by atoms with Gasteiger partial charge in [-0.25, -0.2) is 0 Å². The van der Waals surface area contributed by atoms with Gasteiger partial charge in [-0.1, -0.05) is 43.3 Å². The lowest BCUT2D eigenvalue weighted by molar-refractivity contribution is 0.0917. The number of epoxide rings is 1. The van der Waals surface area contributed by atoms with E-state index >= 15 is 0 Å². The molecular formula is C15H18O2Si2. The number of hydrogen-bond acceptors (Lipinski definition) is 2. The molecule has 1 N–H and O–H groups in total. The predicted octanol–water partition coefficient (Wildman–Crippen LogP) is 2.08. The lowest BCUT2D eigenvalue weighted by Crippen LogP contribution is -2.22. The molecule has 6 radical (unpaired) electrons. The average molecular weight is 286 g/mol. The molecule has 0 aromatic heterocycles. The fraction of sp³-hybridized carbons (Fsp3) is 0.467. The largest absolute Gasteiger partial charge is 0.393 e. The fourth-order valence-corrected chi connectivity index (χ4v) is 2.60. The van der Waals surface area contributed by atoms with Crippen LogP contribution in [0.5, 0.6) is 0 Å². The van der Waals surface area contributed by atoms with Crippen LogP contribution in [-0.4, -0.2) is 37.8 Å². The quantitative estimate of drug-likeness (QED) is 0.641. The van der Waals surface area contributed by atoms with E-state index in [2.05, 4.69) is 39.5 Å². The average Bonchev–Trinajstić information content (AvgIpc) is 3.18. The first kappa shape index (κ1) is 14.7. The van der Waals surface area contributed by atoms with Gasteiger partial charge in [-0.15, -0.1) is 4.82 Å². The van der Waals surface area contributed by atoms with E-state index in [-0.39, 0.29) is 24.2 Å². The summed E-state index contributed by atoms with van der Waals surface area (Å²) in [5.74, 6) is 0.159. The van der Waals surface area contributed by atoms with Crippen LogP contribution in [0.2, 0.25) is 0 Å². The summed E-state index contributed by atoms with van der Waals surface area (Å²) in [6, 6.07) is 10.2. The summed E-state index contributed by atoms with van der Waals surface area (Å²) in [7, 11) is 6.72. The van der Waals surface area contributed by atoms with E-state index in [1.807, 2.05) is 24.3 Å². The summed E-state index contributed by atoms with van der Waals surface area (Å²) in [6.07, 6.45) is 3.58. The van der Waals surface area contributed by atoms with E-state index in [1.165, 1.54) is 5.56 Å². The van der Waals surface area contributed by atoms with Gasteiger partial charge in [0.1, 0.15) is 6.10 Å². The molecule has 1 fully saturated rings. The molecule has 1 heterocycles. The van der Waals surface area contributed by atoms with Gasteiger partial charge < -0.3 is 9.84 Å². The van der Waals surface area contributed by atoms with Crippen LogP contribution in [0.3, 0.4) is 0 Å². The maximum atomic E-state index is 10.2. The molecule has 1 saturated heterocycles. The van der Waals surface area contributed by atoms with Crippen LogP contribution in [0, 0.1) is 5.92 Å². The van der Waals surface area contributed by atoms with E-state index in [0.717, 1.165) is 17.7 Å². The summed E-state index contributed by atoms with van der Waals surface area (Å²) in [5.41, 5.74) is 1.20. The summed E-state index contributed by atoms with van der Waals surface area (Å²) < 4.78 is 5.72. The highest BCUT2D eigenvalue weighted by Gasteiger charge is 2.45. The minimum Gasteiger partial charge on any atom is -0.393 e. The number of allylic oxidation sites excluding steroid dienone is 1. The topological polar surface area (TPSA) is 32.8 Å². The van der Waals surface area contributed by atoms with Gasteiger partial charge in [-0.05, 0) is 18.4 Å². The molecule has 2 nitrogen and oxygen atoms in total. The highest BCUT2D eigenvalue weighted by molar-refractivity contribution is 6.48. The minimum atomic E-state index is -0.326. The third-order valence-electron chi connectivity index (χ3n) is 3.59. The molecule has 19 heavy (non-hydrogen) atoms. The minimum absolute atomic E-state index is 0.146. The predicted molar refractivity (Wildman–Crippen MR) is 78.1 cm³/mol. The Morgan fingerprint density at radius 2 is 2.05 bits per heavy atom. The Bertz CT molecular complexity index is 429. The zero-order chi connectivity index (χ0) is 13.8. The van der Waals surface area contributed by atoms with Crippen molar-refractivity contribution in [3.8, 4) is 0 Å². The second-order valence-electron chi connectivity index (χ2n) is 5.05. The van der Waals surface area contributed by atoms with E-state index in [9.17, 15) is 5.11 Å². The van der Waals surface area contributed by atoms with Crippen molar-refractivity contribution in [2.24, 2.45) is 5.92 Å². The number of aliphatic hydroxyl groups excluding tert-OH is 1. The third kappa shape index (κ3) is 4.14. The van der Waals surface area contributed by atoms with Crippen molar-refractivity contribution in [1.82, 2.24) is 0 Å². The smallest absolute Gasteiger partial charge is 0.110 e. The SMILES string of the molecule is CC(C(O)CCC=C([Si])[Si])C1OC1c1ccccc1. The summed E-state index contributed by atoms with van der Waals surface area (Å²) in [6.45, 7) is 2.06. The number of hydrogen-bond donors (Lipinski definition) is 1. The lowest BCUT2D eigenvalue weighted by Gasteiger charge is -2.16. The zero-order valence-corrected chi connectivity index (χ0v) is 13.0. The normalized spacial score (nSPS) is 24.6. The number of ether oxygens (including phenoxy) is 1. The van der Waals surface area contributed by atoms with E-state index in [4.69, 9.17) is 4.74 Å². The first-order chi connectivity index (χ1) is 9.09. The van der Waals surface area contributed by atoms with Gasteiger partial charge in [0.2, 0.25) is 0 Å². The number of rotatable bonds is 6. The van der Waals surface area contributed by atoms with Crippen LogP contribution in [0.15, 0.2) is 41.2 Å². The Morgan fingerprint density at radius 1 is 1.37 bits per heavy atom. The maximum absolute atomic E-state index is 10.2. The Morgan fingerprint density at radius 3 is 2.68 bits per heavy atom. The van der Waals surface area contributed by atoms with Gasteiger partial charge in [-0.2, -0.15) is 0 Å². The van der Waals surface area contributed by atoms with Crippen molar-refractivity contribution >= 4 is 20.5 Å². The molecule has 0 bridgehead atoms. The van der Waals surface area contributed by atoms with Crippen LogP contribution in [-0.2, 0) is 4.74 Å². The van der Waals surface area contributed by atoms with Crippen molar-refractivity contribution < 1.29 is 9.84 Å². The molecular weight excluding hydrogens is 268 g/mol. The molecule has 0 saturated carbocycles. The molecule has 1 aromatic carbocycles. The van der Waals surface area contributed by atoms with Crippen LogP contribution in [0.4, 0.5) is 0 Å². The Labute approximate surface area is 121 Å². The van der Waals surface area contributed by atoms with E-state index in [1.54, 1.807) is 0 Å². The first-order valence-corrected chi connectivity index (χ1v) is 7.61. The van der Waals surface area contributed by atoms with Crippen molar-refractivity contribution in [2.75, 3.05) is 0 Å². The highest BCUT2D eigenvalue weighted by atomic mass is 28.2. The van der Waals surface area contributed by atoms with Gasteiger partial charge in [0.05, 0.1) is 32.7 Å². The van der Waals surface area contributed by atoms with Gasteiger partial charge in [-0.3, -0.25) is 0 Å². The molecule has 0 spiro atoms. The number of aliphatic hydroxyl groups is 1. The van der Waals surface area contributed by atoms with Crippen LogP contribution >= 0.6 is 0 Å². The molecule has 4 unspecified atom stereocenters. The number of benzene rings is 1. The fourth-order valence-electron chi connectivity index (χ4n) is 2.31. The van der Waals surface area contributed by atoms with Gasteiger partial charge in [0, 0.05) is 5.92 Å². The third-order valence-corrected chi connectivity index (χ3v) is 4.00. The molecule has 98 valence electrons. The lowest BCUT2D eigenvalue weighted by atomic mass is 9.93. The monoisotopic (exact) mass is 286 g/mol. The van der Waals surface area contributed by atoms with Crippen LogP contribution in [0.25, 0.3) is 0 Å². The molecule has 1 aromatic rings. The van der Waals surface area contributed by atoms with Crippen molar-refractivity contribution in [3.63, 3.8) is 0 Å². The Hall–Kier alpha value is -0.686. The highest BCUT2D eigenvalue weighted by Crippen LogP contribution is 2.44. The van der Waals surface area contributed by atoms with Crippen molar-refractivity contribution in [3.05, 3.63) is 46.8 Å². The first-order valence-electron chi connectivity index (χ1n) is 6.61. The van der Waals surface area contributed by atoms with Crippen LogP contribution in [0.1, 0.15) is 31.4 Å². The van der Waals surface area contributed by atoms with Gasteiger partial charge in [0.15, 0.2) is 0 Å². The zero-order valence-electron chi connectivity index (χ0n) is 11.0. The molecule has 0 aliphatic carbocycles. The standard InChI is InChI=1S/C15H18O2Si2/c1-10(12(16)8-5-9-13(18)19)14-15(17-14)11-6-3-2-4-7-11/h2-4,6-7,9-10,12,14-16H,5,8H2,1H3. The molecule has 4 atom stereocenters. The second kappa shape index (κ2) is 6.65. The molecule has 0 amide bonds. The van der Waals surface area contributed by atoms with E-state index in [0.29, 0.717) is 0 Å². The molecule has 2 rings (SSSR count). The second-order valence-corrected chi connectivity index (χ2v) is 6.63. The summed E-state index contributed by atoms with van der Waals surface area (Å²) in [5, 5.41) is 10.2. The maximum Gasteiger partial charge on any atom is 0.110 e. The van der Waals surface area contributed by atoms with Crippen LogP contribution < -0.4 is 0 Å². The van der Waals surface area contributed by atoms with Crippen molar-refractivity contribution in [1.29, 1.82) is 0 Å². The van der Waals surface area contributed by atoms with Gasteiger partial charge in [0.25, 0.3) is 0 Å². The van der Waals surface area contributed by atoms with Crippen molar-refractivity contribution in [2.45, 2.75) is 38.1 Å². The molecule has 1 aliphatic heterocycles. The summed E-state index contributed by atoms with van der Waals surface area (Å²) in [4.78, 5) is 0.921. The Kier molecular flexibility index (Phi) is 5.15. The van der Waals surface area contributed by atoms with Gasteiger partial charge >= 0.3 is 0 Å².